The molecular formula is C14H16ClN3O4. The summed E-state index contributed by atoms with van der Waals surface area (Å²) in [6.07, 6.45) is 0.646. The molecule has 8 heteroatoms. The Labute approximate surface area is 132 Å². The maximum Gasteiger partial charge on any atom is 0.283 e. The van der Waals surface area contributed by atoms with Gasteiger partial charge in [0.15, 0.2) is 0 Å². The molecule has 0 aromatic heterocycles. The smallest absolute Gasteiger partial charge is 0.283 e. The van der Waals surface area contributed by atoms with E-state index >= 15 is 0 Å². The highest BCUT2D eigenvalue weighted by molar-refractivity contribution is 6.31. The van der Waals surface area contributed by atoms with Gasteiger partial charge in [0.2, 0.25) is 5.91 Å². The van der Waals surface area contributed by atoms with Gasteiger partial charge >= 0.3 is 0 Å². The van der Waals surface area contributed by atoms with E-state index in [1.807, 2.05) is 0 Å². The van der Waals surface area contributed by atoms with E-state index in [9.17, 15) is 19.7 Å². The standard InChI is InChI=1S/C14H16ClN3O4/c1-10(19)16-5-2-6-17(8-7-16)14(20)12-4-3-11(15)9-13(12)18(21)22/h3-4,9H,2,5-8H2,1H3. The second kappa shape index (κ2) is 6.74. The molecule has 1 aliphatic rings. The summed E-state index contributed by atoms with van der Waals surface area (Å²) in [7, 11) is 0. The second-order valence-electron chi connectivity index (χ2n) is 5.07. The van der Waals surface area contributed by atoms with Gasteiger partial charge in [0.05, 0.1) is 4.92 Å². The summed E-state index contributed by atoms with van der Waals surface area (Å²) in [6.45, 7) is 3.33. The lowest BCUT2D eigenvalue weighted by Crippen LogP contribution is -2.36. The van der Waals surface area contributed by atoms with E-state index in [0.29, 0.717) is 32.6 Å². The number of benzene rings is 1. The van der Waals surface area contributed by atoms with E-state index in [1.165, 1.54) is 25.1 Å². The van der Waals surface area contributed by atoms with E-state index in [4.69, 9.17) is 11.6 Å². The number of nitro groups is 1. The minimum Gasteiger partial charge on any atom is -0.341 e. The number of rotatable bonds is 2. The number of nitrogens with zero attached hydrogens (tertiary/aromatic N) is 3. The van der Waals surface area contributed by atoms with Crippen LogP contribution in [0, 0.1) is 10.1 Å². The van der Waals surface area contributed by atoms with Crippen molar-refractivity contribution in [3.8, 4) is 0 Å². The van der Waals surface area contributed by atoms with Crippen molar-refractivity contribution >= 4 is 29.1 Å². The quantitative estimate of drug-likeness (QED) is 0.614. The number of halogens is 1. The molecule has 0 aliphatic carbocycles. The zero-order chi connectivity index (χ0) is 16.3. The Bertz CT molecular complexity index is 620. The van der Waals surface area contributed by atoms with Gasteiger partial charge in [-0.2, -0.15) is 0 Å². The van der Waals surface area contributed by atoms with E-state index < -0.39 is 10.8 Å². The van der Waals surface area contributed by atoms with E-state index in [1.54, 1.807) is 9.80 Å². The SMILES string of the molecule is CC(=O)N1CCCN(C(=O)c2ccc(Cl)cc2[N+](=O)[O-])CC1. The van der Waals surface area contributed by atoms with Crippen LogP contribution >= 0.6 is 11.6 Å². The minimum absolute atomic E-state index is 0.0191. The third kappa shape index (κ3) is 3.54. The lowest BCUT2D eigenvalue weighted by Gasteiger charge is -2.21. The van der Waals surface area contributed by atoms with Crippen molar-refractivity contribution in [1.82, 2.24) is 9.80 Å². The molecule has 7 nitrogen and oxygen atoms in total. The zero-order valence-corrected chi connectivity index (χ0v) is 12.9. The topological polar surface area (TPSA) is 83.8 Å². The lowest BCUT2D eigenvalue weighted by atomic mass is 10.1. The van der Waals surface area contributed by atoms with Gasteiger partial charge in [0.1, 0.15) is 5.56 Å². The predicted octanol–water partition coefficient (Wildman–Crippen LogP) is 1.94. The van der Waals surface area contributed by atoms with Gasteiger partial charge in [-0.05, 0) is 18.6 Å². The van der Waals surface area contributed by atoms with Crippen LogP contribution in [0.25, 0.3) is 0 Å². The highest BCUT2D eigenvalue weighted by Gasteiger charge is 2.27. The third-order valence-corrected chi connectivity index (χ3v) is 3.85. The van der Waals surface area contributed by atoms with Crippen LogP contribution in [0.2, 0.25) is 5.02 Å². The third-order valence-electron chi connectivity index (χ3n) is 3.62. The first-order valence-corrected chi connectivity index (χ1v) is 7.26. The van der Waals surface area contributed by atoms with Crippen molar-refractivity contribution in [2.45, 2.75) is 13.3 Å². The molecular weight excluding hydrogens is 310 g/mol. The van der Waals surface area contributed by atoms with Crippen LogP contribution in [-0.2, 0) is 4.79 Å². The molecule has 1 aromatic carbocycles. The zero-order valence-electron chi connectivity index (χ0n) is 12.1. The first kappa shape index (κ1) is 16.2. The number of nitro benzene ring substituents is 1. The average Bonchev–Trinajstić information content (AvgIpc) is 2.72. The maximum absolute atomic E-state index is 12.5. The molecule has 1 saturated heterocycles. The number of hydrogen-bond donors (Lipinski definition) is 0. The first-order valence-electron chi connectivity index (χ1n) is 6.89. The van der Waals surface area contributed by atoms with Crippen molar-refractivity contribution < 1.29 is 14.5 Å². The molecule has 0 unspecified atom stereocenters. The molecule has 0 spiro atoms. The van der Waals surface area contributed by atoms with Gasteiger partial charge in [-0.15, -0.1) is 0 Å². The van der Waals surface area contributed by atoms with Gasteiger partial charge in [0, 0.05) is 44.2 Å². The molecule has 1 heterocycles. The second-order valence-corrected chi connectivity index (χ2v) is 5.51. The Hall–Kier alpha value is -2.15. The number of amides is 2. The fraction of sp³-hybridized carbons (Fsp3) is 0.429. The summed E-state index contributed by atoms with van der Waals surface area (Å²) in [5, 5.41) is 11.3. The largest absolute Gasteiger partial charge is 0.341 e. The van der Waals surface area contributed by atoms with E-state index in [0.717, 1.165) is 0 Å². The van der Waals surface area contributed by atoms with E-state index in [-0.39, 0.29) is 22.2 Å². The van der Waals surface area contributed by atoms with Gasteiger partial charge in [-0.25, -0.2) is 0 Å². The summed E-state index contributed by atoms with van der Waals surface area (Å²) in [5.74, 6) is -0.444. The van der Waals surface area contributed by atoms with Crippen LogP contribution in [0.15, 0.2) is 18.2 Å². The Kier molecular flexibility index (Phi) is 4.97. The van der Waals surface area contributed by atoms with Crippen LogP contribution in [0.5, 0.6) is 0 Å². The molecule has 0 atom stereocenters. The highest BCUT2D eigenvalue weighted by atomic mass is 35.5. The normalized spacial score (nSPS) is 15.4. The molecule has 0 radical (unpaired) electrons. The summed E-state index contributed by atoms with van der Waals surface area (Å²) >= 11 is 5.76. The fourth-order valence-corrected chi connectivity index (χ4v) is 2.61. The van der Waals surface area contributed by atoms with Crippen molar-refractivity contribution in [3.05, 3.63) is 38.9 Å². The number of carbonyl (C=O) groups is 2. The van der Waals surface area contributed by atoms with Crippen LogP contribution in [0.4, 0.5) is 5.69 Å². The lowest BCUT2D eigenvalue weighted by molar-refractivity contribution is -0.385. The first-order chi connectivity index (χ1) is 10.4. The molecule has 2 rings (SSSR count). The summed E-state index contributed by atoms with van der Waals surface area (Å²) in [5.41, 5.74) is -0.282. The van der Waals surface area contributed by atoms with Gasteiger partial charge in [0.25, 0.3) is 11.6 Å². The van der Waals surface area contributed by atoms with Gasteiger partial charge in [-0.1, -0.05) is 11.6 Å². The van der Waals surface area contributed by atoms with Crippen molar-refractivity contribution in [2.75, 3.05) is 26.2 Å². The summed E-state index contributed by atoms with van der Waals surface area (Å²) < 4.78 is 0. The van der Waals surface area contributed by atoms with Crippen LogP contribution in [-0.4, -0.2) is 52.7 Å². The van der Waals surface area contributed by atoms with Crippen molar-refractivity contribution in [2.24, 2.45) is 0 Å². The maximum atomic E-state index is 12.5. The highest BCUT2D eigenvalue weighted by Crippen LogP contribution is 2.25. The molecule has 1 aliphatic heterocycles. The Morgan fingerprint density at radius 3 is 2.45 bits per heavy atom. The molecule has 1 fully saturated rings. The van der Waals surface area contributed by atoms with Crippen LogP contribution in [0.1, 0.15) is 23.7 Å². The Morgan fingerprint density at radius 1 is 1.18 bits per heavy atom. The molecule has 0 bridgehead atoms. The fourth-order valence-electron chi connectivity index (χ4n) is 2.44. The van der Waals surface area contributed by atoms with Gasteiger partial charge in [-0.3, -0.25) is 19.7 Å². The molecule has 1 aromatic rings. The molecule has 2 amide bonds. The molecule has 118 valence electrons. The summed E-state index contributed by atoms with van der Waals surface area (Å²) in [6, 6.07) is 4.01. The van der Waals surface area contributed by atoms with Crippen LogP contribution in [0.3, 0.4) is 0 Å². The number of hydrogen-bond acceptors (Lipinski definition) is 4. The molecule has 0 saturated carbocycles. The molecule has 0 N–H and O–H groups in total. The van der Waals surface area contributed by atoms with Gasteiger partial charge < -0.3 is 9.80 Å². The average molecular weight is 326 g/mol. The molecule has 22 heavy (non-hydrogen) atoms. The Morgan fingerprint density at radius 2 is 1.82 bits per heavy atom. The van der Waals surface area contributed by atoms with Crippen LogP contribution < -0.4 is 0 Å². The Balaban J connectivity index is 2.21. The van der Waals surface area contributed by atoms with Crippen molar-refractivity contribution in [1.29, 1.82) is 0 Å². The van der Waals surface area contributed by atoms with E-state index in [2.05, 4.69) is 0 Å². The summed E-state index contributed by atoms with van der Waals surface area (Å²) in [4.78, 5) is 37.6. The monoisotopic (exact) mass is 325 g/mol. The predicted molar refractivity (Wildman–Crippen MR) is 80.9 cm³/mol. The van der Waals surface area contributed by atoms with Crippen molar-refractivity contribution in [3.63, 3.8) is 0 Å². The minimum atomic E-state index is -0.612. The number of carbonyl (C=O) groups excluding carboxylic acids is 2.